The van der Waals surface area contributed by atoms with Crippen LogP contribution in [0, 0.1) is 5.92 Å². The van der Waals surface area contributed by atoms with Crippen LogP contribution in [0.2, 0.25) is 0 Å². The number of alkyl halides is 3. The molecule has 112 valence electrons. The number of halogens is 4. The van der Waals surface area contributed by atoms with Crippen LogP contribution in [0.4, 0.5) is 18.9 Å². The van der Waals surface area contributed by atoms with Gasteiger partial charge >= 0.3 is 6.18 Å². The lowest BCUT2D eigenvalue weighted by Gasteiger charge is -2.26. The summed E-state index contributed by atoms with van der Waals surface area (Å²) < 4.78 is 39.3. The third-order valence-electron chi connectivity index (χ3n) is 3.68. The largest absolute Gasteiger partial charge is 0.418 e. The van der Waals surface area contributed by atoms with Gasteiger partial charge in [0.05, 0.1) is 11.7 Å². The third-order valence-corrected chi connectivity index (χ3v) is 4.18. The molecule has 20 heavy (non-hydrogen) atoms. The van der Waals surface area contributed by atoms with Gasteiger partial charge in [-0.1, -0.05) is 15.9 Å². The summed E-state index contributed by atoms with van der Waals surface area (Å²) in [5, 5.41) is 12.3. The average Bonchev–Trinajstić information content (AvgIpc) is 2.38. The van der Waals surface area contributed by atoms with Gasteiger partial charge in [-0.05, 0) is 49.8 Å². The van der Waals surface area contributed by atoms with Gasteiger partial charge in [0.15, 0.2) is 0 Å². The molecule has 0 spiro atoms. The number of benzene rings is 1. The molecule has 0 radical (unpaired) electrons. The molecule has 0 heterocycles. The van der Waals surface area contributed by atoms with Crippen LogP contribution < -0.4 is 5.32 Å². The molecule has 2 rings (SSSR count). The van der Waals surface area contributed by atoms with Gasteiger partial charge in [0.2, 0.25) is 0 Å². The highest BCUT2D eigenvalue weighted by atomic mass is 79.9. The first kappa shape index (κ1) is 15.6. The summed E-state index contributed by atoms with van der Waals surface area (Å²) in [6, 6.07) is 4.14. The molecular weight excluding hydrogens is 335 g/mol. The van der Waals surface area contributed by atoms with Crippen molar-refractivity contribution in [3.63, 3.8) is 0 Å². The van der Waals surface area contributed by atoms with E-state index in [1.807, 2.05) is 0 Å². The molecule has 1 aliphatic carbocycles. The lowest BCUT2D eigenvalue weighted by Crippen LogP contribution is -2.24. The second-order valence-corrected chi connectivity index (χ2v) is 6.16. The Labute approximate surface area is 124 Å². The minimum atomic E-state index is -4.37. The van der Waals surface area contributed by atoms with Crippen LogP contribution in [0.3, 0.4) is 0 Å². The molecule has 0 aliphatic heterocycles. The summed E-state index contributed by atoms with van der Waals surface area (Å²) >= 11 is 3.07. The molecule has 2 nitrogen and oxygen atoms in total. The van der Waals surface area contributed by atoms with Crippen molar-refractivity contribution >= 4 is 21.6 Å². The zero-order chi connectivity index (χ0) is 14.8. The summed E-state index contributed by atoms with van der Waals surface area (Å²) in [4.78, 5) is 0. The number of rotatable bonds is 3. The van der Waals surface area contributed by atoms with Crippen molar-refractivity contribution in [1.82, 2.24) is 0 Å². The Kier molecular flexibility index (Phi) is 4.96. The molecule has 1 aromatic carbocycles. The highest BCUT2D eigenvalue weighted by Crippen LogP contribution is 2.37. The van der Waals surface area contributed by atoms with E-state index in [4.69, 9.17) is 0 Å². The van der Waals surface area contributed by atoms with E-state index in [0.717, 1.165) is 31.7 Å². The van der Waals surface area contributed by atoms with E-state index in [1.165, 1.54) is 6.07 Å². The van der Waals surface area contributed by atoms with Crippen molar-refractivity contribution in [2.75, 3.05) is 11.9 Å². The summed E-state index contributed by atoms with van der Waals surface area (Å²) in [6.45, 7) is 0.511. The van der Waals surface area contributed by atoms with Gasteiger partial charge in [-0.25, -0.2) is 0 Å². The van der Waals surface area contributed by atoms with Crippen molar-refractivity contribution in [3.05, 3.63) is 28.2 Å². The SMILES string of the molecule is OC1CCC(CNc2ccc(Br)cc2C(F)(F)F)CC1. The second-order valence-electron chi connectivity index (χ2n) is 5.24. The van der Waals surface area contributed by atoms with Gasteiger partial charge in [0.1, 0.15) is 0 Å². The smallest absolute Gasteiger partial charge is 0.393 e. The predicted octanol–water partition coefficient (Wildman–Crippen LogP) is 4.43. The van der Waals surface area contributed by atoms with E-state index < -0.39 is 11.7 Å². The molecule has 2 N–H and O–H groups in total. The van der Waals surface area contributed by atoms with Gasteiger partial charge in [0, 0.05) is 16.7 Å². The second kappa shape index (κ2) is 6.35. The minimum absolute atomic E-state index is 0.117. The Hall–Kier alpha value is -0.750. The van der Waals surface area contributed by atoms with Crippen LogP contribution in [0.1, 0.15) is 31.2 Å². The lowest BCUT2D eigenvalue weighted by atomic mass is 9.87. The van der Waals surface area contributed by atoms with Crippen molar-refractivity contribution in [3.8, 4) is 0 Å². The fraction of sp³-hybridized carbons (Fsp3) is 0.571. The summed E-state index contributed by atoms with van der Waals surface area (Å²) in [5.74, 6) is 0.322. The van der Waals surface area contributed by atoms with Crippen LogP contribution in [0.5, 0.6) is 0 Å². The van der Waals surface area contributed by atoms with Crippen LogP contribution >= 0.6 is 15.9 Å². The van der Waals surface area contributed by atoms with Gasteiger partial charge in [-0.3, -0.25) is 0 Å². The van der Waals surface area contributed by atoms with Gasteiger partial charge in [0.25, 0.3) is 0 Å². The monoisotopic (exact) mass is 351 g/mol. The molecule has 0 atom stereocenters. The maximum absolute atomic E-state index is 13.0. The lowest BCUT2D eigenvalue weighted by molar-refractivity contribution is -0.137. The first-order valence-corrected chi connectivity index (χ1v) is 7.44. The van der Waals surface area contributed by atoms with Crippen molar-refractivity contribution in [1.29, 1.82) is 0 Å². The fourth-order valence-corrected chi connectivity index (χ4v) is 2.87. The zero-order valence-corrected chi connectivity index (χ0v) is 12.5. The van der Waals surface area contributed by atoms with Crippen LogP contribution in [-0.4, -0.2) is 17.8 Å². The third kappa shape index (κ3) is 4.12. The Morgan fingerprint density at radius 1 is 1.20 bits per heavy atom. The number of hydrogen-bond acceptors (Lipinski definition) is 2. The first-order valence-electron chi connectivity index (χ1n) is 6.65. The molecule has 0 amide bonds. The zero-order valence-electron chi connectivity index (χ0n) is 10.9. The molecule has 0 aromatic heterocycles. The molecule has 0 saturated heterocycles. The topological polar surface area (TPSA) is 32.3 Å². The quantitative estimate of drug-likeness (QED) is 0.844. The molecule has 0 bridgehead atoms. The van der Waals surface area contributed by atoms with E-state index in [2.05, 4.69) is 21.2 Å². The fourth-order valence-electron chi connectivity index (χ4n) is 2.51. The van der Waals surface area contributed by atoms with Crippen molar-refractivity contribution in [2.45, 2.75) is 38.0 Å². The van der Waals surface area contributed by atoms with Gasteiger partial charge < -0.3 is 10.4 Å². The summed E-state index contributed by atoms with van der Waals surface area (Å²) in [7, 11) is 0. The minimum Gasteiger partial charge on any atom is -0.393 e. The maximum atomic E-state index is 13.0. The van der Waals surface area contributed by atoms with Crippen LogP contribution in [-0.2, 0) is 6.18 Å². The van der Waals surface area contributed by atoms with E-state index in [0.29, 0.717) is 16.9 Å². The Bertz CT molecular complexity index is 456. The van der Waals surface area contributed by atoms with Crippen LogP contribution in [0.25, 0.3) is 0 Å². The van der Waals surface area contributed by atoms with Gasteiger partial charge in [-0.2, -0.15) is 13.2 Å². The van der Waals surface area contributed by atoms with E-state index in [-0.39, 0.29) is 11.8 Å². The summed E-state index contributed by atoms with van der Waals surface area (Å²) in [6.07, 6.45) is -1.44. The Morgan fingerprint density at radius 2 is 1.85 bits per heavy atom. The Morgan fingerprint density at radius 3 is 2.45 bits per heavy atom. The molecule has 6 heteroatoms. The predicted molar refractivity (Wildman–Crippen MR) is 75.6 cm³/mol. The first-order chi connectivity index (χ1) is 9.36. The number of nitrogens with one attached hydrogen (secondary N) is 1. The highest BCUT2D eigenvalue weighted by Gasteiger charge is 2.33. The Balaban J connectivity index is 2.02. The standard InChI is InChI=1S/C14H17BrF3NO/c15-10-3-6-13(12(7-10)14(16,17)18)19-8-9-1-4-11(20)5-2-9/h3,6-7,9,11,19-20H,1-2,4-5,8H2. The molecule has 1 saturated carbocycles. The molecule has 1 fully saturated rings. The normalized spacial score (nSPS) is 23.6. The van der Waals surface area contributed by atoms with E-state index >= 15 is 0 Å². The van der Waals surface area contributed by atoms with Gasteiger partial charge in [-0.15, -0.1) is 0 Å². The number of aliphatic hydroxyl groups is 1. The van der Waals surface area contributed by atoms with E-state index in [1.54, 1.807) is 6.07 Å². The van der Waals surface area contributed by atoms with Crippen molar-refractivity contribution in [2.24, 2.45) is 5.92 Å². The van der Waals surface area contributed by atoms with Crippen molar-refractivity contribution < 1.29 is 18.3 Å². The number of hydrogen-bond donors (Lipinski definition) is 2. The van der Waals surface area contributed by atoms with Crippen LogP contribution in [0.15, 0.2) is 22.7 Å². The molecule has 1 aromatic rings. The molecule has 0 unspecified atom stereocenters. The maximum Gasteiger partial charge on any atom is 0.418 e. The number of anilines is 1. The summed E-state index contributed by atoms with van der Waals surface area (Å²) in [5.41, 5.74) is -0.533. The highest BCUT2D eigenvalue weighted by molar-refractivity contribution is 9.10. The number of aliphatic hydroxyl groups excluding tert-OH is 1. The molecule has 1 aliphatic rings. The molecular formula is C14H17BrF3NO. The average molecular weight is 352 g/mol. The van der Waals surface area contributed by atoms with E-state index in [9.17, 15) is 18.3 Å².